The number of hydrogen-bond donors (Lipinski definition) is 0. The highest BCUT2D eigenvalue weighted by atomic mass is 32.2. The molecule has 0 atom stereocenters. The van der Waals surface area contributed by atoms with Gasteiger partial charge >= 0.3 is 5.97 Å². The molecule has 7 nitrogen and oxygen atoms in total. The van der Waals surface area contributed by atoms with E-state index < -0.39 is 5.60 Å². The number of carbonyl (C=O) groups is 1. The number of ether oxygens (including phenoxy) is 3. The molecule has 3 aromatic rings. The lowest BCUT2D eigenvalue weighted by atomic mass is 10.2. The van der Waals surface area contributed by atoms with Gasteiger partial charge in [0.25, 0.3) is 5.56 Å². The molecule has 1 aromatic heterocycles. The van der Waals surface area contributed by atoms with E-state index in [-0.39, 0.29) is 23.8 Å². The van der Waals surface area contributed by atoms with E-state index in [0.29, 0.717) is 27.6 Å². The van der Waals surface area contributed by atoms with E-state index in [0.717, 1.165) is 5.56 Å². The maximum absolute atomic E-state index is 13.2. The van der Waals surface area contributed by atoms with Crippen LogP contribution in [0.1, 0.15) is 26.3 Å². The molecule has 0 saturated heterocycles. The lowest BCUT2D eigenvalue weighted by Gasteiger charge is -2.19. The fourth-order valence-electron chi connectivity index (χ4n) is 3.05. The van der Waals surface area contributed by atoms with Crippen LogP contribution in [0.2, 0.25) is 0 Å². The van der Waals surface area contributed by atoms with Gasteiger partial charge in [0.2, 0.25) is 0 Å². The smallest absolute Gasteiger partial charge is 0.316 e. The second kappa shape index (κ2) is 9.43. The van der Waals surface area contributed by atoms with Gasteiger partial charge in [0.1, 0.15) is 5.60 Å². The third kappa shape index (κ3) is 5.58. The first-order valence-corrected chi connectivity index (χ1v) is 10.8. The van der Waals surface area contributed by atoms with Crippen LogP contribution in [-0.2, 0) is 16.1 Å². The molecule has 0 aliphatic carbocycles. The van der Waals surface area contributed by atoms with Crippen molar-refractivity contribution in [3.63, 3.8) is 0 Å². The van der Waals surface area contributed by atoms with E-state index in [1.54, 1.807) is 43.1 Å². The molecule has 0 saturated carbocycles. The number of aromatic nitrogens is 2. The Morgan fingerprint density at radius 1 is 1.06 bits per heavy atom. The molecule has 3 rings (SSSR count). The van der Waals surface area contributed by atoms with Crippen molar-refractivity contribution in [3.8, 4) is 11.5 Å². The van der Waals surface area contributed by atoms with Gasteiger partial charge in [-0.05, 0) is 50.6 Å². The minimum atomic E-state index is -0.576. The van der Waals surface area contributed by atoms with Crippen LogP contribution in [0.15, 0.2) is 52.4 Å². The summed E-state index contributed by atoms with van der Waals surface area (Å²) in [4.78, 5) is 30.1. The Morgan fingerprint density at radius 3 is 2.45 bits per heavy atom. The monoisotopic (exact) mass is 442 g/mol. The molecule has 0 aliphatic heterocycles. The summed E-state index contributed by atoms with van der Waals surface area (Å²) in [7, 11) is 3.13. The highest BCUT2D eigenvalue weighted by Gasteiger charge is 2.19. The average molecular weight is 443 g/mol. The summed E-state index contributed by atoms with van der Waals surface area (Å²) in [5.41, 5.74) is 0.680. The first-order valence-electron chi connectivity index (χ1n) is 9.77. The van der Waals surface area contributed by atoms with E-state index in [2.05, 4.69) is 4.98 Å². The van der Waals surface area contributed by atoms with Gasteiger partial charge in [-0.1, -0.05) is 30.0 Å². The number of esters is 1. The van der Waals surface area contributed by atoms with Gasteiger partial charge in [-0.25, -0.2) is 4.98 Å². The van der Waals surface area contributed by atoms with Crippen LogP contribution in [0.25, 0.3) is 10.9 Å². The average Bonchev–Trinajstić information content (AvgIpc) is 2.73. The maximum Gasteiger partial charge on any atom is 0.316 e. The second-order valence-electron chi connectivity index (χ2n) is 7.87. The van der Waals surface area contributed by atoms with Crippen molar-refractivity contribution < 1.29 is 19.0 Å². The predicted octanol–water partition coefficient (Wildman–Crippen LogP) is 3.90. The molecule has 2 aromatic carbocycles. The molecule has 164 valence electrons. The quantitative estimate of drug-likeness (QED) is 0.312. The number of fused-ring (bicyclic) bond motifs is 1. The van der Waals surface area contributed by atoms with E-state index in [9.17, 15) is 9.59 Å². The fourth-order valence-corrected chi connectivity index (χ4v) is 3.83. The van der Waals surface area contributed by atoms with Crippen LogP contribution >= 0.6 is 11.8 Å². The number of rotatable bonds is 7. The number of nitrogens with zero attached hydrogens (tertiary/aromatic N) is 2. The van der Waals surface area contributed by atoms with Crippen molar-refractivity contribution in [1.29, 1.82) is 0 Å². The molecule has 0 radical (unpaired) electrons. The van der Waals surface area contributed by atoms with Gasteiger partial charge in [0.15, 0.2) is 16.7 Å². The Morgan fingerprint density at radius 2 is 1.77 bits per heavy atom. The topological polar surface area (TPSA) is 79.7 Å². The third-order valence-corrected chi connectivity index (χ3v) is 5.30. The predicted molar refractivity (Wildman–Crippen MR) is 121 cm³/mol. The zero-order valence-corrected chi connectivity index (χ0v) is 19.1. The minimum Gasteiger partial charge on any atom is -0.493 e. The fraction of sp³-hybridized carbons (Fsp3) is 0.348. The molecule has 0 bridgehead atoms. The summed E-state index contributed by atoms with van der Waals surface area (Å²) in [6, 6.07) is 12.7. The molecule has 0 fully saturated rings. The summed E-state index contributed by atoms with van der Waals surface area (Å²) < 4.78 is 17.6. The SMILES string of the molecule is COc1ccc(Cn2c(SCC(=O)OC(C)(C)C)nc3ccccc3c2=O)cc1OC. The van der Waals surface area contributed by atoms with Crippen molar-refractivity contribution in [2.45, 2.75) is 38.1 Å². The minimum absolute atomic E-state index is 0.0496. The summed E-state index contributed by atoms with van der Waals surface area (Å²) in [6.07, 6.45) is 0. The van der Waals surface area contributed by atoms with Crippen LogP contribution in [0.3, 0.4) is 0 Å². The number of benzene rings is 2. The Kier molecular flexibility index (Phi) is 6.90. The van der Waals surface area contributed by atoms with Crippen LogP contribution in [0, 0.1) is 0 Å². The maximum atomic E-state index is 13.2. The first kappa shape index (κ1) is 22.7. The van der Waals surface area contributed by atoms with Gasteiger partial charge in [-0.15, -0.1) is 0 Å². The first-order chi connectivity index (χ1) is 14.7. The molecule has 0 N–H and O–H groups in total. The van der Waals surface area contributed by atoms with Gasteiger partial charge in [0.05, 0.1) is 37.4 Å². The van der Waals surface area contributed by atoms with Crippen molar-refractivity contribution in [1.82, 2.24) is 9.55 Å². The van der Waals surface area contributed by atoms with Crippen LogP contribution in [-0.4, -0.2) is 41.1 Å². The normalized spacial score (nSPS) is 11.4. The molecule has 31 heavy (non-hydrogen) atoms. The van der Waals surface area contributed by atoms with Gasteiger partial charge < -0.3 is 14.2 Å². The summed E-state index contributed by atoms with van der Waals surface area (Å²) in [5.74, 6) is 0.866. The summed E-state index contributed by atoms with van der Waals surface area (Å²) >= 11 is 1.18. The number of hydrogen-bond acceptors (Lipinski definition) is 7. The zero-order valence-electron chi connectivity index (χ0n) is 18.3. The number of para-hydroxylation sites is 1. The number of methoxy groups -OCH3 is 2. The number of carbonyl (C=O) groups excluding carboxylic acids is 1. The lowest BCUT2D eigenvalue weighted by molar-refractivity contribution is -0.151. The Hall–Kier alpha value is -3.00. The third-order valence-electron chi connectivity index (χ3n) is 4.35. The summed E-state index contributed by atoms with van der Waals surface area (Å²) in [6.45, 7) is 5.72. The molecular formula is C23H26N2O5S. The van der Waals surface area contributed by atoms with Crippen molar-refractivity contribution in [3.05, 3.63) is 58.4 Å². The van der Waals surface area contributed by atoms with Crippen LogP contribution in [0.4, 0.5) is 0 Å². The molecule has 8 heteroatoms. The Labute approximate surface area is 185 Å². The van der Waals surface area contributed by atoms with Crippen LogP contribution in [0.5, 0.6) is 11.5 Å². The van der Waals surface area contributed by atoms with Gasteiger partial charge in [-0.3, -0.25) is 14.2 Å². The van der Waals surface area contributed by atoms with Crippen LogP contribution < -0.4 is 15.0 Å². The van der Waals surface area contributed by atoms with Gasteiger partial charge in [-0.2, -0.15) is 0 Å². The molecule has 0 amide bonds. The standard InChI is InChI=1S/C23H26N2O5S/c1-23(2,3)30-20(26)14-31-22-24-17-9-7-6-8-16(17)21(27)25(22)13-15-10-11-18(28-4)19(12-15)29-5/h6-12H,13-14H2,1-5H3. The van der Waals surface area contributed by atoms with E-state index in [4.69, 9.17) is 14.2 Å². The molecule has 0 aliphatic rings. The van der Waals surface area contributed by atoms with Crippen molar-refractivity contribution in [2.75, 3.05) is 20.0 Å². The lowest BCUT2D eigenvalue weighted by Crippen LogP contribution is -2.26. The van der Waals surface area contributed by atoms with E-state index in [1.807, 2.05) is 39.0 Å². The Balaban J connectivity index is 1.98. The molecule has 1 heterocycles. The van der Waals surface area contributed by atoms with Gasteiger partial charge in [0, 0.05) is 0 Å². The van der Waals surface area contributed by atoms with Crippen molar-refractivity contribution in [2.24, 2.45) is 0 Å². The molecule has 0 unspecified atom stereocenters. The zero-order chi connectivity index (χ0) is 22.6. The van der Waals surface area contributed by atoms with Crippen molar-refractivity contribution >= 4 is 28.6 Å². The van der Waals surface area contributed by atoms with E-state index in [1.165, 1.54) is 11.8 Å². The Bertz CT molecular complexity index is 1150. The molecule has 0 spiro atoms. The second-order valence-corrected chi connectivity index (χ2v) is 8.81. The molecular weight excluding hydrogens is 416 g/mol. The summed E-state index contributed by atoms with van der Waals surface area (Å²) in [5, 5.41) is 0.967. The number of thioether (sulfide) groups is 1. The highest BCUT2D eigenvalue weighted by molar-refractivity contribution is 7.99. The largest absolute Gasteiger partial charge is 0.493 e. The van der Waals surface area contributed by atoms with E-state index >= 15 is 0 Å². The highest BCUT2D eigenvalue weighted by Crippen LogP contribution is 2.28.